The number of halogens is 3. The molecule has 0 bridgehead atoms. The molecule has 1 N–H and O–H groups in total. The van der Waals surface area contributed by atoms with Crippen LogP contribution in [0.2, 0.25) is 0 Å². The van der Waals surface area contributed by atoms with Crippen molar-refractivity contribution in [1.82, 2.24) is 5.32 Å². The van der Waals surface area contributed by atoms with E-state index in [-0.39, 0.29) is 18.7 Å². The van der Waals surface area contributed by atoms with Gasteiger partial charge < -0.3 is 10.1 Å². The van der Waals surface area contributed by atoms with Crippen molar-refractivity contribution in [3.05, 3.63) is 77.1 Å². The van der Waals surface area contributed by atoms with E-state index in [0.29, 0.717) is 12.1 Å². The second kappa shape index (κ2) is 8.03. The van der Waals surface area contributed by atoms with E-state index in [4.69, 9.17) is 4.74 Å². The lowest BCUT2D eigenvalue weighted by molar-refractivity contribution is 0.141. The molecule has 6 heteroatoms. The van der Waals surface area contributed by atoms with Crippen LogP contribution in [0.4, 0.5) is 18.0 Å². The van der Waals surface area contributed by atoms with Crippen LogP contribution in [0.3, 0.4) is 0 Å². The average Bonchev–Trinajstić information content (AvgIpc) is 2.52. The molecule has 0 heterocycles. The van der Waals surface area contributed by atoms with Crippen molar-refractivity contribution in [2.45, 2.75) is 6.61 Å². The van der Waals surface area contributed by atoms with E-state index in [2.05, 4.69) is 5.32 Å². The third-order valence-electron chi connectivity index (χ3n) is 2.91. The first kappa shape index (κ1) is 16.6. The summed E-state index contributed by atoms with van der Waals surface area (Å²) >= 11 is 0. The first-order valence-corrected chi connectivity index (χ1v) is 6.82. The Balaban J connectivity index is 1.79. The number of hydrogen-bond donors (Lipinski definition) is 1. The second-order valence-electron chi connectivity index (χ2n) is 4.63. The van der Waals surface area contributed by atoms with Gasteiger partial charge in [-0.25, -0.2) is 18.0 Å². The Morgan fingerprint density at radius 1 is 1.09 bits per heavy atom. The molecule has 0 atom stereocenters. The summed E-state index contributed by atoms with van der Waals surface area (Å²) in [4.78, 5) is 11.4. The lowest BCUT2D eigenvalue weighted by atomic mass is 10.2. The molecule has 0 unspecified atom stereocenters. The number of alkyl carbamates (subject to hydrolysis) is 1. The first-order chi connectivity index (χ1) is 11.1. The number of ether oxygens (including phenoxy) is 1. The molecule has 0 aliphatic rings. The number of amides is 1. The molecule has 120 valence electrons. The van der Waals surface area contributed by atoms with E-state index in [0.717, 1.165) is 11.6 Å². The van der Waals surface area contributed by atoms with Crippen LogP contribution in [0.25, 0.3) is 6.08 Å². The highest BCUT2D eigenvalue weighted by molar-refractivity contribution is 5.67. The van der Waals surface area contributed by atoms with Crippen LogP contribution in [0.1, 0.15) is 11.1 Å². The lowest BCUT2D eigenvalue weighted by Gasteiger charge is -2.05. The fourth-order valence-electron chi connectivity index (χ4n) is 1.81. The van der Waals surface area contributed by atoms with Gasteiger partial charge in [0.25, 0.3) is 0 Å². The molecule has 1 amide bonds. The van der Waals surface area contributed by atoms with Gasteiger partial charge in [0.2, 0.25) is 0 Å². The summed E-state index contributed by atoms with van der Waals surface area (Å²) in [5.41, 5.74) is 0.472. The van der Waals surface area contributed by atoms with Gasteiger partial charge in [0.15, 0.2) is 0 Å². The topological polar surface area (TPSA) is 38.3 Å². The molecule has 2 aromatic rings. The van der Waals surface area contributed by atoms with Crippen LogP contribution >= 0.6 is 0 Å². The van der Waals surface area contributed by atoms with Crippen LogP contribution in [-0.2, 0) is 11.3 Å². The first-order valence-electron chi connectivity index (χ1n) is 6.82. The van der Waals surface area contributed by atoms with Crippen LogP contribution < -0.4 is 5.32 Å². The number of benzene rings is 2. The average molecular weight is 321 g/mol. The summed E-state index contributed by atoms with van der Waals surface area (Å²) in [5, 5.41) is 2.41. The fourth-order valence-corrected chi connectivity index (χ4v) is 1.81. The summed E-state index contributed by atoms with van der Waals surface area (Å²) in [6.45, 7) is 0.140. The molecule has 0 aliphatic carbocycles. The van der Waals surface area contributed by atoms with Crippen LogP contribution in [0.15, 0.2) is 48.5 Å². The van der Waals surface area contributed by atoms with Gasteiger partial charge in [-0.3, -0.25) is 0 Å². The molecule has 2 aromatic carbocycles. The minimum Gasteiger partial charge on any atom is -0.445 e. The maximum Gasteiger partial charge on any atom is 0.407 e. The summed E-state index contributed by atoms with van der Waals surface area (Å²) in [5.74, 6) is -3.00. The Labute approximate surface area is 131 Å². The third kappa shape index (κ3) is 5.18. The monoisotopic (exact) mass is 321 g/mol. The molecule has 0 saturated heterocycles. The Kier molecular flexibility index (Phi) is 5.80. The lowest BCUT2D eigenvalue weighted by Crippen LogP contribution is -2.24. The zero-order chi connectivity index (χ0) is 16.7. The minimum absolute atomic E-state index is 0.0177. The molecule has 0 aromatic heterocycles. The zero-order valence-corrected chi connectivity index (χ0v) is 12.1. The van der Waals surface area contributed by atoms with Gasteiger partial charge in [0, 0.05) is 24.2 Å². The molecular formula is C17H14F3NO2. The summed E-state index contributed by atoms with van der Waals surface area (Å²) in [6.07, 6.45) is 1.81. The van der Waals surface area contributed by atoms with Crippen molar-refractivity contribution < 1.29 is 22.7 Å². The highest BCUT2D eigenvalue weighted by Gasteiger charge is 2.08. The van der Waals surface area contributed by atoms with Gasteiger partial charge in [-0.15, -0.1) is 0 Å². The Hall–Kier alpha value is -2.76. The summed E-state index contributed by atoms with van der Waals surface area (Å²) in [6, 6.07) is 10.3. The molecule has 23 heavy (non-hydrogen) atoms. The second-order valence-corrected chi connectivity index (χ2v) is 4.63. The van der Waals surface area contributed by atoms with Gasteiger partial charge in [0.1, 0.15) is 24.1 Å². The maximum atomic E-state index is 13.4. The van der Waals surface area contributed by atoms with Crippen LogP contribution in [0, 0.1) is 17.5 Å². The molecular weight excluding hydrogens is 307 g/mol. The van der Waals surface area contributed by atoms with Gasteiger partial charge >= 0.3 is 6.09 Å². The van der Waals surface area contributed by atoms with Crippen molar-refractivity contribution in [2.75, 3.05) is 6.54 Å². The molecule has 0 spiro atoms. The summed E-state index contributed by atoms with van der Waals surface area (Å²) in [7, 11) is 0. The molecule has 0 fully saturated rings. The number of nitrogens with one attached hydrogen (secondary N) is 1. The van der Waals surface area contributed by atoms with E-state index in [9.17, 15) is 18.0 Å². The van der Waals surface area contributed by atoms with E-state index in [1.807, 2.05) is 30.3 Å². The van der Waals surface area contributed by atoms with Gasteiger partial charge in [-0.05, 0) is 5.56 Å². The standard InChI is InChI=1S/C17H14F3NO2/c18-13-9-15(19)14(16(20)10-13)7-4-8-21-17(22)23-11-12-5-2-1-3-6-12/h1-7,9-10H,8,11H2,(H,21,22). The summed E-state index contributed by atoms with van der Waals surface area (Å²) < 4.78 is 44.4. The smallest absolute Gasteiger partial charge is 0.407 e. The normalized spacial score (nSPS) is 10.7. The van der Waals surface area contributed by atoms with Crippen LogP contribution in [0.5, 0.6) is 0 Å². The number of hydrogen-bond acceptors (Lipinski definition) is 2. The number of carbonyl (C=O) groups excluding carboxylic acids is 1. The Morgan fingerprint density at radius 3 is 2.39 bits per heavy atom. The molecule has 2 rings (SSSR count). The zero-order valence-electron chi connectivity index (χ0n) is 12.1. The molecule has 3 nitrogen and oxygen atoms in total. The molecule has 0 radical (unpaired) electrons. The minimum atomic E-state index is -1.01. The Bertz CT molecular complexity index is 679. The SMILES string of the molecule is O=C(NCC=Cc1c(F)cc(F)cc1F)OCc1ccccc1. The van der Waals surface area contributed by atoms with Crippen molar-refractivity contribution in [3.8, 4) is 0 Å². The van der Waals surface area contributed by atoms with E-state index in [1.165, 1.54) is 6.08 Å². The van der Waals surface area contributed by atoms with Crippen molar-refractivity contribution in [2.24, 2.45) is 0 Å². The van der Waals surface area contributed by atoms with E-state index < -0.39 is 23.5 Å². The van der Waals surface area contributed by atoms with Crippen molar-refractivity contribution >= 4 is 12.2 Å². The fraction of sp³-hybridized carbons (Fsp3) is 0.118. The van der Waals surface area contributed by atoms with Crippen LogP contribution in [-0.4, -0.2) is 12.6 Å². The maximum absolute atomic E-state index is 13.4. The third-order valence-corrected chi connectivity index (χ3v) is 2.91. The predicted octanol–water partition coefficient (Wildman–Crippen LogP) is 4.04. The number of rotatable bonds is 5. The molecule has 0 aliphatic heterocycles. The number of carbonyl (C=O) groups is 1. The van der Waals surface area contributed by atoms with Crippen molar-refractivity contribution in [3.63, 3.8) is 0 Å². The highest BCUT2D eigenvalue weighted by Crippen LogP contribution is 2.15. The van der Waals surface area contributed by atoms with Gasteiger partial charge in [-0.2, -0.15) is 0 Å². The molecule has 0 saturated carbocycles. The quantitative estimate of drug-likeness (QED) is 0.902. The highest BCUT2D eigenvalue weighted by atomic mass is 19.1. The largest absolute Gasteiger partial charge is 0.445 e. The predicted molar refractivity (Wildman–Crippen MR) is 80.0 cm³/mol. The van der Waals surface area contributed by atoms with E-state index >= 15 is 0 Å². The van der Waals surface area contributed by atoms with Gasteiger partial charge in [0.05, 0.1) is 0 Å². The Morgan fingerprint density at radius 2 is 1.74 bits per heavy atom. The van der Waals surface area contributed by atoms with E-state index in [1.54, 1.807) is 0 Å². The van der Waals surface area contributed by atoms with Crippen molar-refractivity contribution in [1.29, 1.82) is 0 Å². The van der Waals surface area contributed by atoms with Gasteiger partial charge in [-0.1, -0.05) is 42.5 Å².